The van der Waals surface area contributed by atoms with E-state index in [1.807, 2.05) is 0 Å². The first-order valence-corrected chi connectivity index (χ1v) is 11.0. The van der Waals surface area contributed by atoms with Crippen molar-refractivity contribution >= 4 is 0 Å². The van der Waals surface area contributed by atoms with E-state index < -0.39 is 0 Å². The van der Waals surface area contributed by atoms with Crippen LogP contribution in [0, 0.1) is 6.42 Å². The summed E-state index contributed by atoms with van der Waals surface area (Å²) < 4.78 is 0. The van der Waals surface area contributed by atoms with Crippen LogP contribution in [0.25, 0.3) is 0 Å². The van der Waals surface area contributed by atoms with Crippen molar-refractivity contribution in [2.45, 2.75) is 29.6 Å². The van der Waals surface area contributed by atoms with E-state index in [0.29, 0.717) is 5.92 Å². The fourth-order valence-corrected chi connectivity index (χ4v) is 7.10. The Labute approximate surface area is 178 Å². The molecule has 0 heteroatoms. The molecule has 3 aliphatic rings. The highest BCUT2D eigenvalue weighted by molar-refractivity contribution is 5.72. The minimum absolute atomic E-state index is 0.0156. The topological polar surface area (TPSA) is 0 Å². The quantitative estimate of drug-likeness (QED) is 0.353. The van der Waals surface area contributed by atoms with E-state index >= 15 is 0 Å². The van der Waals surface area contributed by atoms with Crippen LogP contribution in [0.1, 0.15) is 44.9 Å². The molecule has 142 valence electrons. The van der Waals surface area contributed by atoms with Gasteiger partial charge in [-0.3, -0.25) is 0 Å². The number of hydrogen-bond acceptors (Lipinski definition) is 0. The third-order valence-electron chi connectivity index (χ3n) is 8.05. The predicted octanol–water partition coefficient (Wildman–Crippen LogP) is 6.37. The lowest BCUT2D eigenvalue weighted by atomic mass is 9.58. The molecule has 0 aliphatic heterocycles. The number of fused-ring (bicyclic) bond motifs is 6. The zero-order valence-corrected chi connectivity index (χ0v) is 16.9. The maximum Gasteiger partial charge on any atom is 0.134 e. The summed E-state index contributed by atoms with van der Waals surface area (Å²) in [5.41, 5.74) is 10.6. The second-order valence-electron chi connectivity index (χ2n) is 9.23. The third kappa shape index (κ3) is 1.81. The van der Waals surface area contributed by atoms with E-state index in [9.17, 15) is 0 Å². The van der Waals surface area contributed by atoms with Crippen LogP contribution < -0.4 is 0 Å². The Hall–Kier alpha value is -3.25. The maximum atomic E-state index is 2.63. The molecule has 0 saturated heterocycles. The molecule has 3 aliphatic carbocycles. The van der Waals surface area contributed by atoms with E-state index in [1.54, 1.807) is 5.56 Å². The third-order valence-corrected chi connectivity index (χ3v) is 8.05. The largest absolute Gasteiger partial charge is 0.134 e. The molecule has 0 nitrogen and oxygen atoms in total. The van der Waals surface area contributed by atoms with Gasteiger partial charge < -0.3 is 0 Å². The normalized spacial score (nSPS) is 26.9. The summed E-state index contributed by atoms with van der Waals surface area (Å²) in [4.78, 5) is 0. The van der Waals surface area contributed by atoms with Crippen molar-refractivity contribution in [2.24, 2.45) is 0 Å². The van der Waals surface area contributed by atoms with Gasteiger partial charge in [-0.15, -0.1) is 0 Å². The fourth-order valence-electron chi connectivity index (χ4n) is 7.10. The minimum atomic E-state index is -0.0156. The molecule has 0 aromatic heterocycles. The van der Waals surface area contributed by atoms with Crippen LogP contribution in [0.2, 0.25) is 0 Å². The molecular weight excluding hydrogens is 360 g/mol. The molecule has 4 aromatic rings. The van der Waals surface area contributed by atoms with Crippen LogP contribution >= 0.6 is 0 Å². The van der Waals surface area contributed by atoms with E-state index in [1.165, 1.54) is 33.4 Å². The van der Waals surface area contributed by atoms with E-state index in [-0.39, 0.29) is 10.8 Å². The van der Waals surface area contributed by atoms with Gasteiger partial charge in [0.2, 0.25) is 0 Å². The van der Waals surface area contributed by atoms with Gasteiger partial charge in [0.1, 0.15) is 5.56 Å². The summed E-state index contributed by atoms with van der Waals surface area (Å²) >= 11 is 0. The monoisotopic (exact) mass is 383 g/mol. The molecule has 1 spiro atoms. The average Bonchev–Trinajstić information content (AvgIpc) is 3.35. The number of rotatable bonds is 2. The van der Waals surface area contributed by atoms with Gasteiger partial charge in [-0.25, -0.2) is 0 Å². The highest BCUT2D eigenvalue weighted by Crippen LogP contribution is 2.72. The van der Waals surface area contributed by atoms with Gasteiger partial charge in [0.15, 0.2) is 0 Å². The lowest BCUT2D eigenvalue weighted by Gasteiger charge is -2.38. The van der Waals surface area contributed by atoms with Crippen molar-refractivity contribution in [3.05, 3.63) is 148 Å². The van der Waals surface area contributed by atoms with Gasteiger partial charge in [-0.1, -0.05) is 78.9 Å². The number of benzene rings is 4. The Balaban J connectivity index is 1.58. The van der Waals surface area contributed by atoms with E-state index in [4.69, 9.17) is 0 Å². The summed E-state index contributed by atoms with van der Waals surface area (Å²) in [5.74, 6) is 0.425. The van der Waals surface area contributed by atoms with Crippen LogP contribution in [0.4, 0.5) is 0 Å². The first-order valence-electron chi connectivity index (χ1n) is 11.0. The molecule has 0 amide bonds. The Morgan fingerprint density at radius 3 is 2.20 bits per heavy atom. The van der Waals surface area contributed by atoms with Crippen LogP contribution in [-0.4, -0.2) is 0 Å². The Morgan fingerprint density at radius 1 is 0.667 bits per heavy atom. The lowest BCUT2D eigenvalue weighted by molar-refractivity contribution is 0.284. The molecule has 0 unspecified atom stereocenters. The molecule has 3 atom stereocenters. The van der Waals surface area contributed by atoms with Crippen molar-refractivity contribution in [3.8, 4) is 0 Å². The van der Waals surface area contributed by atoms with Crippen LogP contribution in [0.5, 0.6) is 0 Å². The fraction of sp³-hybridized carbons (Fsp3) is 0.167. The molecule has 0 bridgehead atoms. The summed E-state index contributed by atoms with van der Waals surface area (Å²) in [6.45, 7) is 0. The molecule has 4 aromatic carbocycles. The summed E-state index contributed by atoms with van der Waals surface area (Å²) in [6, 6.07) is 38.7. The first kappa shape index (κ1) is 16.5. The smallest absolute Gasteiger partial charge is 0.0622 e. The number of hydrogen-bond donors (Lipinski definition) is 0. The minimum Gasteiger partial charge on any atom is -0.0622 e. The Kier molecular flexibility index (Phi) is 3.12. The highest BCUT2D eigenvalue weighted by atomic mass is 14.7. The van der Waals surface area contributed by atoms with E-state index in [0.717, 1.165) is 12.8 Å². The molecular formula is C30H23+. The van der Waals surface area contributed by atoms with Gasteiger partial charge >= 0.3 is 0 Å². The SMILES string of the molecule is c1ccc(C[C@]23[CH+]c4ccccc4[C@]24Cc2ccccc2[C@@H]4c2ccccc23)cc1. The molecule has 0 fully saturated rings. The summed E-state index contributed by atoms with van der Waals surface area (Å²) in [6.07, 6.45) is 4.78. The molecule has 30 heavy (non-hydrogen) atoms. The van der Waals surface area contributed by atoms with Gasteiger partial charge in [-0.2, -0.15) is 0 Å². The summed E-state index contributed by atoms with van der Waals surface area (Å²) in [5, 5.41) is 0. The van der Waals surface area contributed by atoms with Crippen LogP contribution in [-0.2, 0) is 23.7 Å². The molecule has 0 radical (unpaired) electrons. The van der Waals surface area contributed by atoms with Crippen LogP contribution in [0.3, 0.4) is 0 Å². The van der Waals surface area contributed by atoms with E-state index in [2.05, 4.69) is 110 Å². The second kappa shape index (κ2) is 5.67. The van der Waals surface area contributed by atoms with Crippen molar-refractivity contribution in [2.75, 3.05) is 0 Å². The van der Waals surface area contributed by atoms with Gasteiger partial charge in [0.25, 0.3) is 0 Å². The van der Waals surface area contributed by atoms with Crippen LogP contribution in [0.15, 0.2) is 103 Å². The van der Waals surface area contributed by atoms with Gasteiger partial charge in [0.05, 0.1) is 16.4 Å². The van der Waals surface area contributed by atoms with Crippen molar-refractivity contribution in [3.63, 3.8) is 0 Å². The molecule has 0 N–H and O–H groups in total. The zero-order chi connectivity index (χ0) is 19.8. The first-order chi connectivity index (χ1) is 14.8. The standard InChI is InChI=1S/C30H23/c1-2-10-21(11-3-1)18-29-19-23-13-5-8-16-26(23)30(29)20-22-12-4-6-14-24(22)28(30)25-15-7-9-17-27(25)29/h1-17,19,28H,18,20H2/q+1/t28-,29-,30+/m1/s1. The Morgan fingerprint density at radius 2 is 1.33 bits per heavy atom. The van der Waals surface area contributed by atoms with Crippen molar-refractivity contribution in [1.82, 2.24) is 0 Å². The molecule has 7 rings (SSSR count). The summed E-state index contributed by atoms with van der Waals surface area (Å²) in [7, 11) is 0. The van der Waals surface area contributed by atoms with Gasteiger partial charge in [-0.05, 0) is 58.9 Å². The maximum absolute atomic E-state index is 2.63. The highest BCUT2D eigenvalue weighted by Gasteiger charge is 2.73. The zero-order valence-electron chi connectivity index (χ0n) is 16.9. The van der Waals surface area contributed by atoms with Crippen molar-refractivity contribution < 1.29 is 0 Å². The average molecular weight is 384 g/mol. The Bertz CT molecular complexity index is 1280. The predicted molar refractivity (Wildman–Crippen MR) is 122 cm³/mol. The second-order valence-corrected chi connectivity index (χ2v) is 9.23. The molecule has 0 saturated carbocycles. The molecule has 0 heterocycles. The van der Waals surface area contributed by atoms with Crippen molar-refractivity contribution in [1.29, 1.82) is 0 Å². The lowest BCUT2D eigenvalue weighted by Crippen LogP contribution is -2.45. The van der Waals surface area contributed by atoms with Gasteiger partial charge in [0, 0.05) is 18.4 Å².